The number of anilines is 1. The molecule has 2 amide bonds. The zero-order valence-corrected chi connectivity index (χ0v) is 24.2. The fourth-order valence-electron chi connectivity index (χ4n) is 6.35. The number of halogens is 1. The first-order valence-electron chi connectivity index (χ1n) is 14.7. The molecule has 0 radical (unpaired) electrons. The number of ether oxygens (including phenoxy) is 2. The molecule has 6 rings (SSSR count). The number of piperidine rings is 1. The normalized spacial score (nSPS) is 25.7. The van der Waals surface area contributed by atoms with Gasteiger partial charge < -0.3 is 24.6 Å². The number of hydrogen-bond acceptors (Lipinski definition) is 7. The van der Waals surface area contributed by atoms with Gasteiger partial charge in [-0.15, -0.1) is 0 Å². The Bertz CT molecular complexity index is 1280. The van der Waals surface area contributed by atoms with E-state index >= 15 is 4.39 Å². The van der Waals surface area contributed by atoms with Crippen molar-refractivity contribution in [3.63, 3.8) is 0 Å². The van der Waals surface area contributed by atoms with Crippen LogP contribution in [0.4, 0.5) is 19.8 Å². The maximum atomic E-state index is 15.1. The van der Waals surface area contributed by atoms with Crippen LogP contribution < -0.4 is 5.32 Å². The summed E-state index contributed by atoms with van der Waals surface area (Å²) in [5.41, 5.74) is 0.816. The molecule has 2 aromatic heterocycles. The zero-order valence-electron chi connectivity index (χ0n) is 24.2. The SMILES string of the molecule is CC(C)c1cnn2c(NC3CC4CCC(C3)N4C(=O)OCC3(F)CN(C(=O)OC(C)(C)C)C3)cc(C3CC3)nc12. The number of amides is 2. The Labute approximate surface area is 234 Å². The number of fused-ring (bicyclic) bond motifs is 3. The van der Waals surface area contributed by atoms with Crippen LogP contribution in [0.25, 0.3) is 5.65 Å². The van der Waals surface area contributed by atoms with Crippen LogP contribution in [-0.2, 0) is 9.47 Å². The van der Waals surface area contributed by atoms with Crippen LogP contribution in [0, 0.1) is 0 Å². The van der Waals surface area contributed by atoms with Crippen molar-refractivity contribution in [1.29, 1.82) is 0 Å². The third kappa shape index (κ3) is 5.31. The van der Waals surface area contributed by atoms with Gasteiger partial charge in [0.2, 0.25) is 0 Å². The third-order valence-electron chi connectivity index (χ3n) is 8.49. The first kappa shape index (κ1) is 27.1. The summed E-state index contributed by atoms with van der Waals surface area (Å²) < 4.78 is 27.8. The molecule has 5 heterocycles. The molecule has 2 atom stereocenters. The standard InChI is InChI=1S/C29H41FN6O4/c1-17(2)22-13-31-36-24(12-23(18-6-7-18)33-25(22)36)32-19-10-20-8-9-21(11-19)35(20)27(38)39-16-29(30)14-34(15-29)26(37)40-28(3,4)5/h12-13,17-21,32H,6-11,14-16H2,1-5H3. The molecule has 10 nitrogen and oxygen atoms in total. The van der Waals surface area contributed by atoms with E-state index in [1.54, 1.807) is 20.8 Å². The summed E-state index contributed by atoms with van der Waals surface area (Å²) in [6, 6.07) is 2.42. The second-order valence-corrected chi connectivity index (χ2v) is 13.5. The highest BCUT2D eigenvalue weighted by Gasteiger charge is 2.50. The number of carbonyl (C=O) groups is 2. The van der Waals surface area contributed by atoms with E-state index in [1.165, 1.54) is 17.7 Å². The van der Waals surface area contributed by atoms with E-state index in [4.69, 9.17) is 14.5 Å². The quantitative estimate of drug-likeness (QED) is 0.520. The van der Waals surface area contributed by atoms with Gasteiger partial charge in [0.25, 0.3) is 0 Å². The third-order valence-corrected chi connectivity index (χ3v) is 8.49. The van der Waals surface area contributed by atoms with E-state index in [9.17, 15) is 9.59 Å². The average Bonchev–Trinajstić information content (AvgIpc) is 3.55. The molecule has 218 valence electrons. The van der Waals surface area contributed by atoms with Gasteiger partial charge in [0.1, 0.15) is 18.0 Å². The van der Waals surface area contributed by atoms with Crippen molar-refractivity contribution in [2.75, 3.05) is 25.0 Å². The highest BCUT2D eigenvalue weighted by Crippen LogP contribution is 2.42. The summed E-state index contributed by atoms with van der Waals surface area (Å²) in [5, 5.41) is 8.39. The number of alkyl halides is 1. The lowest BCUT2D eigenvalue weighted by Gasteiger charge is -2.44. The van der Waals surface area contributed by atoms with Crippen molar-refractivity contribution in [2.45, 2.75) is 114 Å². The summed E-state index contributed by atoms with van der Waals surface area (Å²) in [6.07, 6.45) is 6.66. The number of hydrogen-bond donors (Lipinski definition) is 1. The Morgan fingerprint density at radius 2 is 1.80 bits per heavy atom. The highest BCUT2D eigenvalue weighted by atomic mass is 19.1. The Morgan fingerprint density at radius 1 is 1.12 bits per heavy atom. The van der Waals surface area contributed by atoms with E-state index in [1.807, 2.05) is 15.6 Å². The molecule has 0 spiro atoms. The molecule has 11 heteroatoms. The van der Waals surface area contributed by atoms with Gasteiger partial charge in [-0.05, 0) is 65.2 Å². The first-order chi connectivity index (χ1) is 18.9. The minimum atomic E-state index is -1.74. The minimum absolute atomic E-state index is 0.0445. The molecular weight excluding hydrogens is 515 g/mol. The molecule has 3 aliphatic heterocycles. The molecule has 2 aromatic rings. The molecular formula is C29H41FN6O4. The van der Waals surface area contributed by atoms with E-state index < -0.39 is 23.5 Å². The Kier molecular flexibility index (Phi) is 6.61. The van der Waals surface area contributed by atoms with Crippen molar-refractivity contribution in [3.05, 3.63) is 23.5 Å². The van der Waals surface area contributed by atoms with Gasteiger partial charge >= 0.3 is 12.2 Å². The van der Waals surface area contributed by atoms with E-state index in [0.717, 1.165) is 48.4 Å². The predicted molar refractivity (Wildman–Crippen MR) is 147 cm³/mol. The molecule has 1 aliphatic carbocycles. The molecule has 4 aliphatic rings. The van der Waals surface area contributed by atoms with Crippen LogP contribution in [0.15, 0.2) is 12.3 Å². The lowest BCUT2D eigenvalue weighted by Crippen LogP contribution is -2.64. The average molecular weight is 557 g/mol. The molecule has 0 aromatic carbocycles. The summed E-state index contributed by atoms with van der Waals surface area (Å²) in [5.74, 6) is 1.82. The zero-order chi connectivity index (χ0) is 28.4. The second kappa shape index (κ2) is 9.76. The van der Waals surface area contributed by atoms with Gasteiger partial charge in [-0.3, -0.25) is 0 Å². The van der Waals surface area contributed by atoms with E-state index in [-0.39, 0.29) is 37.8 Å². The van der Waals surface area contributed by atoms with Crippen molar-refractivity contribution >= 4 is 23.7 Å². The summed E-state index contributed by atoms with van der Waals surface area (Å²) in [6.45, 7) is 9.00. The van der Waals surface area contributed by atoms with Gasteiger partial charge in [-0.25, -0.2) is 19.0 Å². The van der Waals surface area contributed by atoms with Crippen molar-refractivity contribution in [2.24, 2.45) is 0 Å². The van der Waals surface area contributed by atoms with Crippen LogP contribution in [-0.4, -0.2) is 85.7 Å². The van der Waals surface area contributed by atoms with Gasteiger partial charge in [0.05, 0.1) is 19.3 Å². The lowest BCUT2D eigenvalue weighted by molar-refractivity contribution is -0.0798. The van der Waals surface area contributed by atoms with Crippen LogP contribution in [0.3, 0.4) is 0 Å². The number of nitrogens with zero attached hydrogens (tertiary/aromatic N) is 5. The Morgan fingerprint density at radius 3 is 2.40 bits per heavy atom. The number of carbonyl (C=O) groups excluding carboxylic acids is 2. The maximum Gasteiger partial charge on any atom is 0.410 e. The minimum Gasteiger partial charge on any atom is -0.446 e. The maximum absolute atomic E-state index is 15.1. The van der Waals surface area contributed by atoms with Crippen molar-refractivity contribution < 1.29 is 23.5 Å². The van der Waals surface area contributed by atoms with Crippen LogP contribution in [0.5, 0.6) is 0 Å². The largest absolute Gasteiger partial charge is 0.446 e. The summed E-state index contributed by atoms with van der Waals surface area (Å²) in [7, 11) is 0. The fourth-order valence-corrected chi connectivity index (χ4v) is 6.35. The van der Waals surface area contributed by atoms with Crippen molar-refractivity contribution in [1.82, 2.24) is 24.4 Å². The number of likely N-dealkylation sites (tertiary alicyclic amines) is 1. The molecule has 3 saturated heterocycles. The predicted octanol–water partition coefficient (Wildman–Crippen LogP) is 5.23. The van der Waals surface area contributed by atoms with Crippen LogP contribution >= 0.6 is 0 Å². The smallest absolute Gasteiger partial charge is 0.410 e. The van der Waals surface area contributed by atoms with Crippen LogP contribution in [0.2, 0.25) is 0 Å². The molecule has 2 unspecified atom stereocenters. The Balaban J connectivity index is 1.06. The highest BCUT2D eigenvalue weighted by molar-refractivity contribution is 5.71. The number of rotatable bonds is 6. The summed E-state index contributed by atoms with van der Waals surface area (Å²) >= 11 is 0. The second-order valence-electron chi connectivity index (χ2n) is 13.5. The van der Waals surface area contributed by atoms with E-state index in [2.05, 4.69) is 30.3 Å². The fraction of sp³-hybridized carbons (Fsp3) is 0.724. The number of aromatic nitrogens is 3. The molecule has 2 bridgehead atoms. The molecule has 1 saturated carbocycles. The Hall–Kier alpha value is -3.11. The number of nitrogens with one attached hydrogen (secondary N) is 1. The molecule has 4 fully saturated rings. The van der Waals surface area contributed by atoms with Gasteiger partial charge in [0.15, 0.2) is 11.3 Å². The van der Waals surface area contributed by atoms with E-state index in [0.29, 0.717) is 11.8 Å². The van der Waals surface area contributed by atoms with Gasteiger partial charge in [0, 0.05) is 41.4 Å². The van der Waals surface area contributed by atoms with Crippen molar-refractivity contribution in [3.8, 4) is 0 Å². The molecule has 1 N–H and O–H groups in total. The van der Waals surface area contributed by atoms with Gasteiger partial charge in [-0.2, -0.15) is 9.61 Å². The summed E-state index contributed by atoms with van der Waals surface area (Å²) in [4.78, 5) is 33.3. The first-order valence-corrected chi connectivity index (χ1v) is 14.7. The van der Waals surface area contributed by atoms with Gasteiger partial charge in [-0.1, -0.05) is 13.8 Å². The van der Waals surface area contributed by atoms with Crippen LogP contribution in [0.1, 0.15) is 96.2 Å². The topological polar surface area (TPSA) is 101 Å². The lowest BCUT2D eigenvalue weighted by atomic mass is 9.97. The molecule has 40 heavy (non-hydrogen) atoms. The monoisotopic (exact) mass is 556 g/mol.